The van der Waals surface area contributed by atoms with Crippen LogP contribution < -0.4 is 0 Å². The van der Waals surface area contributed by atoms with Crippen LogP contribution in [0.2, 0.25) is 5.02 Å². The number of benzene rings is 1. The number of rotatable bonds is 2. The molecular weight excluding hydrogens is 269 g/mol. The minimum atomic E-state index is -4.51. The van der Waals surface area contributed by atoms with Gasteiger partial charge in [0.1, 0.15) is 0 Å². The van der Waals surface area contributed by atoms with E-state index < -0.39 is 11.7 Å². The molecule has 7 heteroatoms. The summed E-state index contributed by atoms with van der Waals surface area (Å²) in [7, 11) is 0. The SMILES string of the molecule is OCc1cn(-c2ccc(Cl)c(C(F)(F)F)c2)cn1. The molecule has 0 saturated carbocycles. The number of aromatic nitrogens is 2. The Balaban J connectivity index is 2.47. The van der Waals surface area contributed by atoms with Gasteiger partial charge in [0.25, 0.3) is 0 Å². The van der Waals surface area contributed by atoms with Crippen LogP contribution in [0.4, 0.5) is 13.2 Å². The quantitative estimate of drug-likeness (QED) is 0.915. The molecular formula is C11H8ClF3N2O. The van der Waals surface area contributed by atoms with Gasteiger partial charge in [0, 0.05) is 11.9 Å². The second-order valence-corrected chi connectivity index (χ2v) is 4.00. The minimum absolute atomic E-state index is 0.271. The van der Waals surface area contributed by atoms with Crippen LogP contribution in [0, 0.1) is 0 Å². The topological polar surface area (TPSA) is 38.0 Å². The molecule has 0 aliphatic carbocycles. The van der Waals surface area contributed by atoms with Gasteiger partial charge >= 0.3 is 6.18 Å². The van der Waals surface area contributed by atoms with E-state index in [1.807, 2.05) is 0 Å². The number of hydrogen-bond donors (Lipinski definition) is 1. The van der Waals surface area contributed by atoms with Gasteiger partial charge < -0.3 is 9.67 Å². The molecule has 0 amide bonds. The number of halogens is 4. The molecule has 0 bridgehead atoms. The van der Waals surface area contributed by atoms with Crippen LogP contribution in [0.5, 0.6) is 0 Å². The predicted molar refractivity (Wildman–Crippen MR) is 59.5 cm³/mol. The molecule has 0 spiro atoms. The Morgan fingerprint density at radius 2 is 2.06 bits per heavy atom. The molecule has 18 heavy (non-hydrogen) atoms. The summed E-state index contributed by atoms with van der Waals surface area (Å²) in [6.45, 7) is -0.271. The van der Waals surface area contributed by atoms with E-state index in [1.165, 1.54) is 29.2 Å². The summed E-state index contributed by atoms with van der Waals surface area (Å²) < 4.78 is 39.4. The molecule has 1 heterocycles. The zero-order valence-electron chi connectivity index (χ0n) is 8.95. The molecule has 2 rings (SSSR count). The molecule has 0 aliphatic rings. The monoisotopic (exact) mass is 276 g/mol. The van der Waals surface area contributed by atoms with Crippen molar-refractivity contribution < 1.29 is 18.3 Å². The normalized spacial score (nSPS) is 11.8. The largest absolute Gasteiger partial charge is 0.417 e. The Hall–Kier alpha value is -1.53. The first kappa shape index (κ1) is 12.9. The summed E-state index contributed by atoms with van der Waals surface area (Å²) in [5, 5.41) is 8.50. The van der Waals surface area contributed by atoms with Crippen LogP contribution in [0.3, 0.4) is 0 Å². The Morgan fingerprint density at radius 1 is 1.33 bits per heavy atom. The van der Waals surface area contributed by atoms with Gasteiger partial charge in [-0.05, 0) is 18.2 Å². The van der Waals surface area contributed by atoms with E-state index in [9.17, 15) is 13.2 Å². The smallest absolute Gasteiger partial charge is 0.390 e. The predicted octanol–water partition coefficient (Wildman–Crippen LogP) is 3.04. The van der Waals surface area contributed by atoms with Crippen molar-refractivity contribution in [3.8, 4) is 5.69 Å². The molecule has 0 aliphatic heterocycles. The molecule has 0 radical (unpaired) electrons. The lowest BCUT2D eigenvalue weighted by Gasteiger charge is -2.11. The standard InChI is InChI=1S/C11H8ClF3N2O/c12-10-2-1-8(3-9(10)11(13,14)15)17-4-7(5-18)16-6-17/h1-4,6,18H,5H2. The van der Waals surface area contributed by atoms with Crippen molar-refractivity contribution in [2.45, 2.75) is 12.8 Å². The second kappa shape index (κ2) is 4.62. The van der Waals surface area contributed by atoms with E-state index in [0.717, 1.165) is 6.07 Å². The van der Waals surface area contributed by atoms with Gasteiger partial charge in [0.15, 0.2) is 0 Å². The first-order chi connectivity index (χ1) is 8.41. The molecule has 2 aromatic rings. The van der Waals surface area contributed by atoms with E-state index in [1.54, 1.807) is 0 Å². The zero-order chi connectivity index (χ0) is 13.3. The highest BCUT2D eigenvalue weighted by atomic mass is 35.5. The lowest BCUT2D eigenvalue weighted by Crippen LogP contribution is -2.07. The number of hydrogen-bond acceptors (Lipinski definition) is 2. The van der Waals surface area contributed by atoms with Crippen LogP contribution in [-0.4, -0.2) is 14.7 Å². The summed E-state index contributed by atoms with van der Waals surface area (Å²) in [5.74, 6) is 0. The number of nitrogens with zero attached hydrogens (tertiary/aromatic N) is 2. The highest BCUT2D eigenvalue weighted by Crippen LogP contribution is 2.35. The number of alkyl halides is 3. The number of aliphatic hydroxyl groups excluding tert-OH is 1. The second-order valence-electron chi connectivity index (χ2n) is 3.59. The highest BCUT2D eigenvalue weighted by molar-refractivity contribution is 6.31. The summed E-state index contributed by atoms with van der Waals surface area (Å²) in [6.07, 6.45) is -1.73. The first-order valence-electron chi connectivity index (χ1n) is 4.92. The van der Waals surface area contributed by atoms with Gasteiger partial charge in [-0.25, -0.2) is 4.98 Å². The Bertz CT molecular complexity index is 566. The van der Waals surface area contributed by atoms with Gasteiger partial charge in [-0.15, -0.1) is 0 Å². The fraction of sp³-hybridized carbons (Fsp3) is 0.182. The fourth-order valence-electron chi connectivity index (χ4n) is 1.48. The molecule has 1 aromatic heterocycles. The van der Waals surface area contributed by atoms with Crippen molar-refractivity contribution in [2.24, 2.45) is 0 Å². The molecule has 0 fully saturated rings. The van der Waals surface area contributed by atoms with Crippen LogP contribution in [0.25, 0.3) is 5.69 Å². The molecule has 0 atom stereocenters. The molecule has 0 saturated heterocycles. The maximum atomic E-state index is 12.7. The van der Waals surface area contributed by atoms with Crippen LogP contribution >= 0.6 is 11.6 Å². The third kappa shape index (κ3) is 2.49. The Labute approximate surface area is 105 Å². The third-order valence-corrected chi connectivity index (χ3v) is 2.68. The molecule has 96 valence electrons. The lowest BCUT2D eigenvalue weighted by atomic mass is 10.2. The number of aliphatic hydroxyl groups is 1. The maximum Gasteiger partial charge on any atom is 0.417 e. The van der Waals surface area contributed by atoms with Gasteiger partial charge in [0.05, 0.1) is 29.2 Å². The van der Waals surface area contributed by atoms with Crippen LogP contribution in [0.15, 0.2) is 30.7 Å². The third-order valence-electron chi connectivity index (χ3n) is 2.35. The molecule has 1 N–H and O–H groups in total. The fourth-order valence-corrected chi connectivity index (χ4v) is 1.70. The summed E-state index contributed by atoms with van der Waals surface area (Å²) in [4.78, 5) is 3.82. The van der Waals surface area contributed by atoms with Crippen molar-refractivity contribution >= 4 is 11.6 Å². The molecule has 0 unspecified atom stereocenters. The molecule has 3 nitrogen and oxygen atoms in total. The van der Waals surface area contributed by atoms with Gasteiger partial charge in [0.2, 0.25) is 0 Å². The Kier molecular flexibility index (Phi) is 3.32. The van der Waals surface area contributed by atoms with E-state index in [4.69, 9.17) is 16.7 Å². The maximum absolute atomic E-state index is 12.7. The average molecular weight is 277 g/mol. The first-order valence-corrected chi connectivity index (χ1v) is 5.30. The Morgan fingerprint density at radius 3 is 2.61 bits per heavy atom. The van der Waals surface area contributed by atoms with Gasteiger partial charge in [-0.2, -0.15) is 13.2 Å². The van der Waals surface area contributed by atoms with Crippen molar-refractivity contribution in [3.05, 3.63) is 47.0 Å². The van der Waals surface area contributed by atoms with Crippen molar-refractivity contribution in [1.29, 1.82) is 0 Å². The van der Waals surface area contributed by atoms with E-state index in [-0.39, 0.29) is 17.3 Å². The van der Waals surface area contributed by atoms with Crippen LogP contribution in [-0.2, 0) is 12.8 Å². The summed E-state index contributed by atoms with van der Waals surface area (Å²) in [6, 6.07) is 3.56. The van der Waals surface area contributed by atoms with Crippen molar-refractivity contribution in [2.75, 3.05) is 0 Å². The van der Waals surface area contributed by atoms with Gasteiger partial charge in [-0.3, -0.25) is 0 Å². The van der Waals surface area contributed by atoms with E-state index in [0.29, 0.717) is 5.69 Å². The number of imidazole rings is 1. The summed E-state index contributed by atoms with van der Waals surface area (Å²) >= 11 is 5.52. The van der Waals surface area contributed by atoms with E-state index >= 15 is 0 Å². The van der Waals surface area contributed by atoms with E-state index in [2.05, 4.69) is 4.98 Å². The van der Waals surface area contributed by atoms with Crippen molar-refractivity contribution in [3.63, 3.8) is 0 Å². The van der Waals surface area contributed by atoms with Gasteiger partial charge in [-0.1, -0.05) is 11.6 Å². The molecule has 1 aromatic carbocycles. The average Bonchev–Trinajstić information content (AvgIpc) is 2.76. The zero-order valence-corrected chi connectivity index (χ0v) is 9.70. The minimum Gasteiger partial charge on any atom is -0.390 e. The lowest BCUT2D eigenvalue weighted by molar-refractivity contribution is -0.137. The highest BCUT2D eigenvalue weighted by Gasteiger charge is 2.33. The van der Waals surface area contributed by atoms with Crippen LogP contribution in [0.1, 0.15) is 11.3 Å². The summed E-state index contributed by atoms with van der Waals surface area (Å²) in [5.41, 5.74) is -0.252. The van der Waals surface area contributed by atoms with Crippen molar-refractivity contribution in [1.82, 2.24) is 9.55 Å².